The van der Waals surface area contributed by atoms with Gasteiger partial charge in [0.15, 0.2) is 0 Å². The number of rotatable bonds is 3. The van der Waals surface area contributed by atoms with Crippen molar-refractivity contribution in [1.29, 1.82) is 0 Å². The molecular formula is C16H17FN4O2. The maximum Gasteiger partial charge on any atom is 0.272 e. The second kappa shape index (κ2) is 6.70. The van der Waals surface area contributed by atoms with Crippen molar-refractivity contribution in [2.24, 2.45) is 0 Å². The van der Waals surface area contributed by atoms with Crippen molar-refractivity contribution in [3.63, 3.8) is 0 Å². The molecule has 0 bridgehead atoms. The molecule has 1 aliphatic heterocycles. The van der Waals surface area contributed by atoms with E-state index >= 15 is 0 Å². The summed E-state index contributed by atoms with van der Waals surface area (Å²) in [6.45, 7) is 3.99. The van der Waals surface area contributed by atoms with Crippen LogP contribution in [0.4, 0.5) is 16.0 Å². The molecule has 6 nitrogen and oxygen atoms in total. The zero-order chi connectivity index (χ0) is 16.2. The maximum absolute atomic E-state index is 12.9. The van der Waals surface area contributed by atoms with Gasteiger partial charge in [-0.05, 0) is 37.3 Å². The van der Waals surface area contributed by atoms with Crippen LogP contribution in [0.25, 0.3) is 0 Å². The van der Waals surface area contributed by atoms with Gasteiger partial charge in [0.25, 0.3) is 5.91 Å². The number of morpholine rings is 1. The molecule has 2 heterocycles. The highest BCUT2D eigenvalue weighted by molar-refractivity contribution is 5.92. The zero-order valence-corrected chi connectivity index (χ0v) is 12.8. The van der Waals surface area contributed by atoms with Crippen molar-refractivity contribution >= 4 is 17.5 Å². The van der Waals surface area contributed by atoms with Gasteiger partial charge in [-0.1, -0.05) is 0 Å². The fourth-order valence-electron chi connectivity index (χ4n) is 2.32. The number of hydrogen-bond acceptors (Lipinski definition) is 5. The lowest BCUT2D eigenvalue weighted by Crippen LogP contribution is -2.41. The first kappa shape index (κ1) is 15.4. The molecule has 7 heteroatoms. The van der Waals surface area contributed by atoms with Gasteiger partial charge in [-0.3, -0.25) is 4.79 Å². The SMILES string of the molecule is Cc1cc(C(=O)N2CCOCC2)nc(Nc2ccc(F)cc2)n1. The minimum absolute atomic E-state index is 0.138. The second-order valence-corrected chi connectivity index (χ2v) is 5.25. The standard InChI is InChI=1S/C16H17FN4O2/c1-11-10-14(15(22)21-6-8-23-9-7-21)20-16(18-11)19-13-4-2-12(17)3-5-13/h2-5,10H,6-9H2,1H3,(H,18,19,20). The number of nitrogens with zero attached hydrogens (tertiary/aromatic N) is 3. The Labute approximate surface area is 133 Å². The van der Waals surface area contributed by atoms with Crippen molar-refractivity contribution in [1.82, 2.24) is 14.9 Å². The van der Waals surface area contributed by atoms with Crippen molar-refractivity contribution in [2.75, 3.05) is 31.6 Å². The molecule has 23 heavy (non-hydrogen) atoms. The summed E-state index contributed by atoms with van der Waals surface area (Å²) in [7, 11) is 0. The van der Waals surface area contributed by atoms with Crippen molar-refractivity contribution < 1.29 is 13.9 Å². The first-order valence-electron chi connectivity index (χ1n) is 7.37. The van der Waals surface area contributed by atoms with Gasteiger partial charge in [0.05, 0.1) is 13.2 Å². The minimum Gasteiger partial charge on any atom is -0.378 e. The Morgan fingerprint density at radius 1 is 1.22 bits per heavy atom. The van der Waals surface area contributed by atoms with Gasteiger partial charge in [-0.15, -0.1) is 0 Å². The molecule has 0 atom stereocenters. The maximum atomic E-state index is 12.9. The van der Waals surface area contributed by atoms with E-state index in [1.165, 1.54) is 12.1 Å². The number of nitrogens with one attached hydrogen (secondary N) is 1. The highest BCUT2D eigenvalue weighted by atomic mass is 19.1. The fraction of sp³-hybridized carbons (Fsp3) is 0.312. The number of ether oxygens (including phenoxy) is 1. The molecule has 1 aliphatic rings. The molecule has 0 radical (unpaired) electrons. The van der Waals surface area contributed by atoms with Crippen molar-refractivity contribution in [3.8, 4) is 0 Å². The molecular weight excluding hydrogens is 299 g/mol. The van der Waals surface area contributed by atoms with Crippen LogP contribution in [0.5, 0.6) is 0 Å². The van der Waals surface area contributed by atoms with Gasteiger partial charge in [0, 0.05) is 24.5 Å². The predicted molar refractivity (Wildman–Crippen MR) is 83.2 cm³/mol. The smallest absolute Gasteiger partial charge is 0.272 e. The summed E-state index contributed by atoms with van der Waals surface area (Å²) in [5.74, 6) is -0.141. The highest BCUT2D eigenvalue weighted by Crippen LogP contribution is 2.15. The molecule has 120 valence electrons. The summed E-state index contributed by atoms with van der Waals surface area (Å²) in [5, 5.41) is 2.99. The van der Waals surface area contributed by atoms with Gasteiger partial charge in [0.2, 0.25) is 5.95 Å². The largest absolute Gasteiger partial charge is 0.378 e. The van der Waals surface area contributed by atoms with E-state index in [0.29, 0.717) is 49.3 Å². The van der Waals surface area contributed by atoms with Crippen LogP contribution in [-0.2, 0) is 4.74 Å². The van der Waals surface area contributed by atoms with Gasteiger partial charge in [0.1, 0.15) is 11.5 Å². The molecule has 2 aromatic rings. The van der Waals surface area contributed by atoms with E-state index in [0.717, 1.165) is 0 Å². The Bertz CT molecular complexity index is 700. The van der Waals surface area contributed by atoms with Crippen LogP contribution >= 0.6 is 0 Å². The van der Waals surface area contributed by atoms with E-state index < -0.39 is 0 Å². The Kier molecular flexibility index (Phi) is 4.47. The molecule has 1 aromatic carbocycles. The van der Waals surface area contributed by atoms with Crippen molar-refractivity contribution in [3.05, 3.63) is 47.5 Å². The molecule has 1 aromatic heterocycles. The normalized spacial score (nSPS) is 14.6. The number of aromatic nitrogens is 2. The van der Waals surface area contributed by atoms with Crippen molar-refractivity contribution in [2.45, 2.75) is 6.92 Å². The Morgan fingerprint density at radius 3 is 2.61 bits per heavy atom. The Balaban J connectivity index is 1.80. The monoisotopic (exact) mass is 316 g/mol. The topological polar surface area (TPSA) is 67.4 Å². The summed E-state index contributed by atoms with van der Waals surface area (Å²) in [6, 6.07) is 7.53. The zero-order valence-electron chi connectivity index (χ0n) is 12.8. The Hall–Kier alpha value is -2.54. The van der Waals surface area contributed by atoms with E-state index in [9.17, 15) is 9.18 Å². The molecule has 1 amide bonds. The third-order valence-electron chi connectivity index (χ3n) is 3.47. The van der Waals surface area contributed by atoms with Crippen LogP contribution in [0.3, 0.4) is 0 Å². The average molecular weight is 316 g/mol. The molecule has 0 saturated carbocycles. The first-order valence-corrected chi connectivity index (χ1v) is 7.37. The van der Waals surface area contributed by atoms with Crippen LogP contribution in [0.2, 0.25) is 0 Å². The number of carbonyl (C=O) groups excluding carboxylic acids is 1. The van der Waals surface area contributed by atoms with E-state index in [2.05, 4.69) is 15.3 Å². The number of amides is 1. The molecule has 0 aliphatic carbocycles. The fourth-order valence-corrected chi connectivity index (χ4v) is 2.32. The van der Waals surface area contributed by atoms with Gasteiger partial charge >= 0.3 is 0 Å². The highest BCUT2D eigenvalue weighted by Gasteiger charge is 2.20. The molecule has 1 N–H and O–H groups in total. The number of hydrogen-bond donors (Lipinski definition) is 1. The van der Waals surface area contributed by atoms with E-state index in [4.69, 9.17) is 4.74 Å². The number of carbonyl (C=O) groups is 1. The third-order valence-corrected chi connectivity index (χ3v) is 3.47. The number of anilines is 2. The molecule has 1 fully saturated rings. The average Bonchev–Trinajstić information content (AvgIpc) is 2.56. The van der Waals surface area contributed by atoms with Crippen LogP contribution in [0.1, 0.15) is 16.2 Å². The number of halogens is 1. The molecule has 0 unspecified atom stereocenters. The van der Waals surface area contributed by atoms with Crippen LogP contribution in [0.15, 0.2) is 30.3 Å². The summed E-state index contributed by atoms with van der Waals surface area (Å²) >= 11 is 0. The molecule has 1 saturated heterocycles. The lowest BCUT2D eigenvalue weighted by Gasteiger charge is -2.26. The van der Waals surface area contributed by atoms with Gasteiger partial charge in [-0.2, -0.15) is 0 Å². The summed E-state index contributed by atoms with van der Waals surface area (Å²) in [5.41, 5.74) is 1.67. The Morgan fingerprint density at radius 2 is 1.91 bits per heavy atom. The molecule has 0 spiro atoms. The molecule has 3 rings (SSSR count). The predicted octanol–water partition coefficient (Wildman–Crippen LogP) is 2.14. The number of aryl methyl sites for hydroxylation is 1. The van der Waals surface area contributed by atoms with Gasteiger partial charge in [-0.25, -0.2) is 14.4 Å². The van der Waals surface area contributed by atoms with E-state index in [-0.39, 0.29) is 11.7 Å². The first-order chi connectivity index (χ1) is 11.1. The lowest BCUT2D eigenvalue weighted by molar-refractivity contribution is 0.0299. The number of benzene rings is 1. The van der Waals surface area contributed by atoms with Crippen LogP contribution in [-0.4, -0.2) is 47.1 Å². The van der Waals surface area contributed by atoms with E-state index in [1.54, 1.807) is 30.0 Å². The van der Waals surface area contributed by atoms with E-state index in [1.807, 2.05) is 0 Å². The second-order valence-electron chi connectivity index (χ2n) is 5.25. The van der Waals surface area contributed by atoms with Crippen LogP contribution < -0.4 is 5.32 Å². The van der Waals surface area contributed by atoms with Crippen LogP contribution in [0, 0.1) is 12.7 Å². The summed E-state index contributed by atoms with van der Waals surface area (Å²) in [4.78, 5) is 22.8. The van der Waals surface area contributed by atoms with Gasteiger partial charge < -0.3 is 15.0 Å². The summed E-state index contributed by atoms with van der Waals surface area (Å²) in [6.07, 6.45) is 0. The third kappa shape index (κ3) is 3.81. The summed E-state index contributed by atoms with van der Waals surface area (Å²) < 4.78 is 18.2. The minimum atomic E-state index is -0.316. The quantitative estimate of drug-likeness (QED) is 0.939. The lowest BCUT2D eigenvalue weighted by atomic mass is 10.3.